The molecule has 10 heteroatoms. The van der Waals surface area contributed by atoms with Crippen LogP contribution in [0.15, 0.2) is 27.3 Å². The summed E-state index contributed by atoms with van der Waals surface area (Å²) < 4.78 is 10.7. The predicted molar refractivity (Wildman–Crippen MR) is 98.6 cm³/mol. The van der Waals surface area contributed by atoms with Crippen LogP contribution in [0.3, 0.4) is 0 Å². The van der Waals surface area contributed by atoms with Gasteiger partial charge in [0, 0.05) is 22.9 Å². The van der Waals surface area contributed by atoms with Crippen LogP contribution in [0.4, 0.5) is 5.69 Å². The second kappa shape index (κ2) is 8.52. The zero-order valence-electron chi connectivity index (χ0n) is 14.0. The third-order valence-electron chi connectivity index (χ3n) is 3.06. The molecule has 2 rings (SSSR count). The Hall–Kier alpha value is -2.10. The lowest BCUT2D eigenvalue weighted by Gasteiger charge is -2.07. The monoisotopic (exact) mass is 415 g/mol. The SMILES string of the molecule is CCOC(=O)c1c(C)sc(Sc2ccc(Cl)cc2[N+](=O)[O-])c1OC(C)=O. The minimum Gasteiger partial charge on any atom is -0.462 e. The van der Waals surface area contributed by atoms with Crippen molar-refractivity contribution in [3.63, 3.8) is 0 Å². The Morgan fingerprint density at radius 3 is 2.65 bits per heavy atom. The molecular formula is C16H14ClNO6S2. The molecular weight excluding hydrogens is 402 g/mol. The van der Waals surface area contributed by atoms with Crippen molar-refractivity contribution in [1.29, 1.82) is 0 Å². The molecule has 0 aliphatic heterocycles. The normalized spacial score (nSPS) is 10.5. The minimum absolute atomic E-state index is 0.0488. The number of nitro groups is 1. The van der Waals surface area contributed by atoms with E-state index in [2.05, 4.69) is 0 Å². The third kappa shape index (κ3) is 4.54. The van der Waals surface area contributed by atoms with Crippen LogP contribution < -0.4 is 4.74 Å². The van der Waals surface area contributed by atoms with E-state index in [0.717, 1.165) is 11.8 Å². The highest BCUT2D eigenvalue weighted by atomic mass is 35.5. The first kappa shape index (κ1) is 20.2. The molecule has 1 heterocycles. The van der Waals surface area contributed by atoms with Crippen molar-refractivity contribution in [3.8, 4) is 5.75 Å². The maximum absolute atomic E-state index is 12.2. The van der Waals surface area contributed by atoms with E-state index < -0.39 is 16.9 Å². The molecule has 0 saturated carbocycles. The molecule has 0 N–H and O–H groups in total. The molecule has 1 aromatic carbocycles. The number of aryl methyl sites for hydroxylation is 1. The number of esters is 2. The molecule has 7 nitrogen and oxygen atoms in total. The van der Waals surface area contributed by atoms with E-state index in [0.29, 0.717) is 14.0 Å². The summed E-state index contributed by atoms with van der Waals surface area (Å²) in [4.78, 5) is 35.3. The number of hydrogen-bond donors (Lipinski definition) is 0. The average molecular weight is 416 g/mol. The van der Waals surface area contributed by atoms with Crippen molar-refractivity contribution >= 4 is 52.3 Å². The zero-order valence-corrected chi connectivity index (χ0v) is 16.4. The number of nitrogens with zero attached hydrogens (tertiary/aromatic N) is 1. The van der Waals surface area contributed by atoms with Crippen molar-refractivity contribution in [1.82, 2.24) is 0 Å². The quantitative estimate of drug-likeness (QED) is 0.377. The second-order valence-electron chi connectivity index (χ2n) is 4.94. The predicted octanol–water partition coefficient (Wildman–Crippen LogP) is 4.87. The molecule has 0 bridgehead atoms. The van der Waals surface area contributed by atoms with Crippen LogP contribution in [-0.4, -0.2) is 23.5 Å². The Balaban J connectivity index is 2.53. The van der Waals surface area contributed by atoms with E-state index in [1.54, 1.807) is 13.8 Å². The van der Waals surface area contributed by atoms with Crippen molar-refractivity contribution < 1.29 is 24.0 Å². The van der Waals surface area contributed by atoms with E-state index in [-0.39, 0.29) is 28.6 Å². The van der Waals surface area contributed by atoms with Crippen LogP contribution in [0.1, 0.15) is 29.1 Å². The molecule has 0 fully saturated rings. The van der Waals surface area contributed by atoms with Crippen LogP contribution >= 0.6 is 34.7 Å². The highest BCUT2D eigenvalue weighted by Gasteiger charge is 2.27. The minimum atomic E-state index is -0.616. The van der Waals surface area contributed by atoms with Gasteiger partial charge in [0.15, 0.2) is 5.75 Å². The molecule has 138 valence electrons. The number of benzene rings is 1. The van der Waals surface area contributed by atoms with E-state index in [1.165, 1.54) is 36.5 Å². The summed E-state index contributed by atoms with van der Waals surface area (Å²) in [7, 11) is 0. The topological polar surface area (TPSA) is 95.7 Å². The molecule has 0 radical (unpaired) electrons. The van der Waals surface area contributed by atoms with Gasteiger partial charge in [0.2, 0.25) is 0 Å². The highest BCUT2D eigenvalue weighted by Crippen LogP contribution is 2.47. The largest absolute Gasteiger partial charge is 0.462 e. The summed E-state index contributed by atoms with van der Waals surface area (Å²) in [5.74, 6) is -1.18. The lowest BCUT2D eigenvalue weighted by molar-refractivity contribution is -0.387. The lowest BCUT2D eigenvalue weighted by atomic mass is 10.2. The van der Waals surface area contributed by atoms with Crippen LogP contribution in [0.5, 0.6) is 5.75 Å². The van der Waals surface area contributed by atoms with Gasteiger partial charge in [-0.3, -0.25) is 14.9 Å². The van der Waals surface area contributed by atoms with E-state index in [4.69, 9.17) is 21.1 Å². The van der Waals surface area contributed by atoms with Gasteiger partial charge in [-0.15, -0.1) is 11.3 Å². The van der Waals surface area contributed by atoms with Gasteiger partial charge in [-0.2, -0.15) is 0 Å². The second-order valence-corrected chi connectivity index (χ2v) is 7.91. The fraction of sp³-hybridized carbons (Fsp3) is 0.250. The molecule has 0 amide bonds. The number of hydrogen-bond acceptors (Lipinski definition) is 8. The summed E-state index contributed by atoms with van der Waals surface area (Å²) in [5, 5.41) is 11.5. The van der Waals surface area contributed by atoms with Gasteiger partial charge in [0.1, 0.15) is 9.77 Å². The average Bonchev–Trinajstić information content (AvgIpc) is 2.83. The number of carbonyl (C=O) groups excluding carboxylic acids is 2. The molecule has 26 heavy (non-hydrogen) atoms. The maximum atomic E-state index is 12.2. The molecule has 0 atom stereocenters. The van der Waals surface area contributed by atoms with Crippen LogP contribution in [0.25, 0.3) is 0 Å². The Labute approximate surface area is 162 Å². The molecule has 2 aromatic rings. The fourth-order valence-electron chi connectivity index (χ4n) is 2.06. The summed E-state index contributed by atoms with van der Waals surface area (Å²) in [5.41, 5.74) is -0.0359. The molecule has 0 spiro atoms. The highest BCUT2D eigenvalue weighted by molar-refractivity contribution is 8.01. The Morgan fingerprint density at radius 1 is 1.38 bits per heavy atom. The Kier molecular flexibility index (Phi) is 6.63. The van der Waals surface area contributed by atoms with E-state index in [1.807, 2.05) is 0 Å². The van der Waals surface area contributed by atoms with Gasteiger partial charge in [-0.05, 0) is 26.0 Å². The van der Waals surface area contributed by atoms with Crippen LogP contribution in [-0.2, 0) is 9.53 Å². The first-order chi connectivity index (χ1) is 12.2. The lowest BCUT2D eigenvalue weighted by Crippen LogP contribution is -2.10. The van der Waals surface area contributed by atoms with Gasteiger partial charge >= 0.3 is 11.9 Å². The number of nitro benzene ring substituents is 1. The van der Waals surface area contributed by atoms with Crippen molar-refractivity contribution in [2.45, 2.75) is 29.9 Å². The number of rotatable bonds is 6. The van der Waals surface area contributed by atoms with Gasteiger partial charge < -0.3 is 9.47 Å². The van der Waals surface area contributed by atoms with Gasteiger partial charge in [-0.1, -0.05) is 23.4 Å². The Bertz CT molecular complexity index is 880. The Morgan fingerprint density at radius 2 is 2.08 bits per heavy atom. The molecule has 0 unspecified atom stereocenters. The smallest absolute Gasteiger partial charge is 0.343 e. The van der Waals surface area contributed by atoms with Gasteiger partial charge in [-0.25, -0.2) is 4.79 Å². The summed E-state index contributed by atoms with van der Waals surface area (Å²) in [6, 6.07) is 4.26. The molecule has 0 aliphatic carbocycles. The standard InChI is InChI=1S/C16H14ClNO6S2/c1-4-23-15(20)13-8(2)25-16(14(13)24-9(3)19)26-12-6-5-10(17)7-11(12)18(21)22/h5-7H,4H2,1-3H3. The molecule has 0 saturated heterocycles. The van der Waals surface area contributed by atoms with Crippen LogP contribution in [0, 0.1) is 17.0 Å². The van der Waals surface area contributed by atoms with Crippen molar-refractivity contribution in [3.05, 3.63) is 43.8 Å². The number of thiophene rings is 1. The van der Waals surface area contributed by atoms with Gasteiger partial charge in [0.05, 0.1) is 16.4 Å². The van der Waals surface area contributed by atoms with Crippen molar-refractivity contribution in [2.24, 2.45) is 0 Å². The van der Waals surface area contributed by atoms with Crippen LogP contribution in [0.2, 0.25) is 5.02 Å². The summed E-state index contributed by atoms with van der Waals surface area (Å²) in [6.45, 7) is 4.72. The summed E-state index contributed by atoms with van der Waals surface area (Å²) in [6.07, 6.45) is 0. The fourth-order valence-corrected chi connectivity index (χ4v) is 4.64. The zero-order chi connectivity index (χ0) is 19.4. The number of carbonyl (C=O) groups is 2. The first-order valence-electron chi connectivity index (χ1n) is 7.35. The van der Waals surface area contributed by atoms with E-state index in [9.17, 15) is 19.7 Å². The number of halogens is 1. The third-order valence-corrected chi connectivity index (χ3v) is 5.61. The maximum Gasteiger partial charge on any atom is 0.343 e. The van der Waals surface area contributed by atoms with E-state index >= 15 is 0 Å². The summed E-state index contributed by atoms with van der Waals surface area (Å²) >= 11 is 8.04. The first-order valence-corrected chi connectivity index (χ1v) is 9.36. The van der Waals surface area contributed by atoms with Gasteiger partial charge in [0.25, 0.3) is 5.69 Å². The molecule has 0 aliphatic rings. The molecule has 1 aromatic heterocycles. The number of ether oxygens (including phenoxy) is 2. The van der Waals surface area contributed by atoms with Crippen molar-refractivity contribution in [2.75, 3.05) is 6.61 Å².